The van der Waals surface area contributed by atoms with E-state index < -0.39 is 17.7 Å². The van der Waals surface area contributed by atoms with Gasteiger partial charge in [-0.2, -0.15) is 0 Å². The Kier molecular flexibility index (Phi) is 4.57. The van der Waals surface area contributed by atoms with Crippen LogP contribution in [0.4, 0.5) is 10.5 Å². The first kappa shape index (κ1) is 16.1. The second kappa shape index (κ2) is 6.24. The summed E-state index contributed by atoms with van der Waals surface area (Å²) in [7, 11) is 0. The maximum absolute atomic E-state index is 12.4. The molecule has 0 aromatic heterocycles. The zero-order valence-corrected chi connectivity index (χ0v) is 13.0. The minimum Gasteiger partial charge on any atom is -0.491 e. The van der Waals surface area contributed by atoms with Crippen LogP contribution in [0, 0.1) is 6.57 Å². The largest absolute Gasteiger partial charge is 0.491 e. The van der Waals surface area contributed by atoms with Crippen molar-refractivity contribution in [2.45, 2.75) is 39.0 Å². The molecule has 118 valence electrons. The average Bonchev–Trinajstić information content (AvgIpc) is 2.63. The van der Waals surface area contributed by atoms with Crippen molar-refractivity contribution in [1.29, 1.82) is 0 Å². The molecule has 1 N–H and O–H groups in total. The van der Waals surface area contributed by atoms with Crippen molar-refractivity contribution < 1.29 is 19.4 Å². The molecule has 0 saturated carbocycles. The number of benzene rings is 1. The van der Waals surface area contributed by atoms with E-state index in [-0.39, 0.29) is 19.8 Å². The monoisotopic (exact) mass is 304 g/mol. The number of hydrogen-bond donors (Lipinski definition) is 1. The average molecular weight is 304 g/mol. The van der Waals surface area contributed by atoms with Gasteiger partial charge in [0.15, 0.2) is 5.69 Å². The number of nitrogens with zero attached hydrogens (tertiary/aromatic N) is 2. The molecule has 6 nitrogen and oxygen atoms in total. The van der Waals surface area contributed by atoms with E-state index in [2.05, 4.69) is 4.85 Å². The molecule has 0 saturated heterocycles. The predicted molar refractivity (Wildman–Crippen MR) is 80.8 cm³/mol. The molecule has 6 heteroatoms. The molecule has 0 aliphatic carbocycles. The van der Waals surface area contributed by atoms with Gasteiger partial charge in [0, 0.05) is 5.56 Å². The van der Waals surface area contributed by atoms with Crippen LogP contribution in [0.3, 0.4) is 0 Å². The molecule has 1 aromatic rings. The van der Waals surface area contributed by atoms with Crippen molar-refractivity contribution >= 4 is 11.8 Å². The molecular weight excluding hydrogens is 284 g/mol. The Morgan fingerprint density at radius 3 is 2.86 bits per heavy atom. The van der Waals surface area contributed by atoms with Crippen molar-refractivity contribution in [3.63, 3.8) is 0 Å². The summed E-state index contributed by atoms with van der Waals surface area (Å²) in [5, 5.41) is 9.54. The number of aliphatic hydroxyl groups is 1. The van der Waals surface area contributed by atoms with Crippen LogP contribution in [0.2, 0.25) is 0 Å². The Labute approximate surface area is 130 Å². The first-order valence-corrected chi connectivity index (χ1v) is 7.07. The van der Waals surface area contributed by atoms with Crippen molar-refractivity contribution in [3.8, 4) is 5.75 Å². The number of ether oxygens (including phenoxy) is 2. The highest BCUT2D eigenvalue weighted by atomic mass is 16.6. The van der Waals surface area contributed by atoms with Gasteiger partial charge in [-0.15, -0.1) is 0 Å². The molecule has 1 aromatic carbocycles. The van der Waals surface area contributed by atoms with Crippen LogP contribution in [0.15, 0.2) is 18.2 Å². The van der Waals surface area contributed by atoms with E-state index in [0.717, 1.165) is 5.56 Å². The van der Waals surface area contributed by atoms with Gasteiger partial charge in [-0.05, 0) is 32.9 Å². The van der Waals surface area contributed by atoms with Gasteiger partial charge in [-0.1, -0.05) is 6.07 Å². The summed E-state index contributed by atoms with van der Waals surface area (Å²) in [6.45, 7) is 12.6. The molecule has 2 rings (SSSR count). The van der Waals surface area contributed by atoms with Gasteiger partial charge in [0.25, 0.3) is 0 Å². The van der Waals surface area contributed by atoms with Gasteiger partial charge in [-0.25, -0.2) is 9.64 Å². The molecule has 0 fully saturated rings. The van der Waals surface area contributed by atoms with E-state index in [1.54, 1.807) is 39.0 Å². The number of fused-ring (bicyclic) bond motifs is 1. The van der Waals surface area contributed by atoms with E-state index in [9.17, 15) is 9.90 Å². The van der Waals surface area contributed by atoms with Gasteiger partial charge in [-0.3, -0.25) is 4.90 Å². The fourth-order valence-corrected chi connectivity index (χ4v) is 2.17. The minimum atomic E-state index is -0.620. The molecule has 1 aliphatic rings. The minimum absolute atomic E-state index is 0.181. The molecule has 1 amide bonds. The summed E-state index contributed by atoms with van der Waals surface area (Å²) in [5.74, 6) is 0.622. The van der Waals surface area contributed by atoms with Gasteiger partial charge >= 0.3 is 6.09 Å². The Balaban J connectivity index is 2.30. The van der Waals surface area contributed by atoms with Crippen LogP contribution >= 0.6 is 0 Å². The second-order valence-electron chi connectivity index (χ2n) is 6.16. The fraction of sp³-hybridized carbons (Fsp3) is 0.500. The van der Waals surface area contributed by atoms with Gasteiger partial charge in [0.1, 0.15) is 18.0 Å². The highest BCUT2D eigenvalue weighted by Gasteiger charge is 2.31. The summed E-state index contributed by atoms with van der Waals surface area (Å²) < 4.78 is 11.0. The van der Waals surface area contributed by atoms with Gasteiger partial charge < -0.3 is 14.6 Å². The molecule has 1 heterocycles. The summed E-state index contributed by atoms with van der Waals surface area (Å²) in [4.78, 5) is 17.2. The third-order valence-corrected chi connectivity index (χ3v) is 3.22. The van der Waals surface area contributed by atoms with E-state index in [1.165, 1.54) is 4.90 Å². The fourth-order valence-electron chi connectivity index (χ4n) is 2.17. The predicted octanol–water partition coefficient (Wildman–Crippen LogP) is 2.73. The third-order valence-electron chi connectivity index (χ3n) is 3.22. The summed E-state index contributed by atoms with van der Waals surface area (Å²) >= 11 is 0. The number of hydrogen-bond acceptors (Lipinski definition) is 4. The van der Waals surface area contributed by atoms with Crippen molar-refractivity contribution in [1.82, 2.24) is 4.90 Å². The number of rotatable bonds is 1. The third kappa shape index (κ3) is 3.68. The Bertz CT molecular complexity index is 601. The van der Waals surface area contributed by atoms with Crippen LogP contribution in [-0.4, -0.2) is 41.0 Å². The van der Waals surface area contributed by atoms with E-state index in [1.807, 2.05) is 0 Å². The molecule has 1 aliphatic heterocycles. The van der Waals surface area contributed by atoms with Crippen molar-refractivity contribution in [2.75, 3.05) is 13.2 Å². The number of amides is 1. The smallest absolute Gasteiger partial charge is 0.411 e. The summed E-state index contributed by atoms with van der Waals surface area (Å²) in [6, 6.07) is 4.59. The standard InChI is InChI=1S/C16H20N2O4/c1-16(2,3)22-15(20)18-8-11-7-12(17-4)5-6-14(11)21-10-13(18)9-19/h5-7,13,19H,8-10H2,1-3H3. The maximum Gasteiger partial charge on any atom is 0.411 e. The first-order chi connectivity index (χ1) is 10.3. The molecular formula is C16H20N2O4. The molecule has 1 atom stereocenters. The lowest BCUT2D eigenvalue weighted by molar-refractivity contribution is 0.00307. The molecule has 0 spiro atoms. The highest BCUT2D eigenvalue weighted by molar-refractivity contribution is 5.69. The second-order valence-corrected chi connectivity index (χ2v) is 6.16. The quantitative estimate of drug-likeness (QED) is 0.810. The van der Waals surface area contributed by atoms with E-state index >= 15 is 0 Å². The number of aliphatic hydroxyl groups excluding tert-OH is 1. The zero-order valence-electron chi connectivity index (χ0n) is 13.0. The van der Waals surface area contributed by atoms with Crippen LogP contribution in [0.1, 0.15) is 26.3 Å². The van der Waals surface area contributed by atoms with Crippen LogP contribution in [0.25, 0.3) is 4.85 Å². The zero-order chi connectivity index (χ0) is 16.3. The Hall–Kier alpha value is -2.26. The van der Waals surface area contributed by atoms with Gasteiger partial charge in [0.05, 0.1) is 25.8 Å². The van der Waals surface area contributed by atoms with E-state index in [0.29, 0.717) is 11.4 Å². The van der Waals surface area contributed by atoms with Crippen LogP contribution in [0.5, 0.6) is 5.75 Å². The molecule has 0 radical (unpaired) electrons. The normalized spacial score (nSPS) is 17.8. The van der Waals surface area contributed by atoms with Crippen LogP contribution in [-0.2, 0) is 11.3 Å². The highest BCUT2D eigenvalue weighted by Crippen LogP contribution is 2.29. The van der Waals surface area contributed by atoms with Crippen LogP contribution < -0.4 is 4.74 Å². The molecule has 1 unspecified atom stereocenters. The van der Waals surface area contributed by atoms with Crippen molar-refractivity contribution in [2.24, 2.45) is 0 Å². The summed E-state index contributed by atoms with van der Waals surface area (Å²) in [5.41, 5.74) is 0.593. The first-order valence-electron chi connectivity index (χ1n) is 7.07. The lowest BCUT2D eigenvalue weighted by Gasteiger charge is -2.30. The number of carbonyl (C=O) groups excluding carboxylic acids is 1. The topological polar surface area (TPSA) is 63.4 Å². The SMILES string of the molecule is [C-]#[N+]c1ccc2c(c1)CN(C(=O)OC(C)(C)C)C(CO)CO2. The van der Waals surface area contributed by atoms with Crippen molar-refractivity contribution in [3.05, 3.63) is 35.2 Å². The lowest BCUT2D eigenvalue weighted by atomic mass is 10.1. The molecule has 22 heavy (non-hydrogen) atoms. The Morgan fingerprint density at radius 1 is 1.55 bits per heavy atom. The Morgan fingerprint density at radius 2 is 2.27 bits per heavy atom. The lowest BCUT2D eigenvalue weighted by Crippen LogP contribution is -2.46. The number of carbonyl (C=O) groups is 1. The maximum atomic E-state index is 12.4. The van der Waals surface area contributed by atoms with Gasteiger partial charge in [0.2, 0.25) is 0 Å². The molecule has 0 bridgehead atoms. The van der Waals surface area contributed by atoms with E-state index in [4.69, 9.17) is 16.0 Å². The summed E-state index contributed by atoms with van der Waals surface area (Å²) in [6.07, 6.45) is -0.504.